The second-order valence-corrected chi connectivity index (χ2v) is 8.32. The standard InChI is InChI=1S/C14H26O6S2/c1-5-7-9-11-13(19-21(3,15)16)14(12-10-8-6-2)20-22(4,17)18/h5-6,13-14H,1-2,7-12H2,3-4H3/t13-,14-/m1/s1. The van der Waals surface area contributed by atoms with Gasteiger partial charge in [-0.1, -0.05) is 12.2 Å². The lowest BCUT2D eigenvalue weighted by atomic mass is 10.0. The van der Waals surface area contributed by atoms with Crippen LogP contribution in [0.15, 0.2) is 25.3 Å². The fourth-order valence-electron chi connectivity index (χ4n) is 1.97. The first kappa shape index (κ1) is 21.3. The first-order chi connectivity index (χ1) is 10.1. The van der Waals surface area contributed by atoms with E-state index in [9.17, 15) is 16.8 Å². The van der Waals surface area contributed by atoms with Crippen molar-refractivity contribution in [2.45, 2.75) is 50.7 Å². The van der Waals surface area contributed by atoms with Gasteiger partial charge >= 0.3 is 0 Å². The molecule has 0 N–H and O–H groups in total. The lowest BCUT2D eigenvalue weighted by Gasteiger charge is -2.25. The molecule has 0 heterocycles. The number of unbranched alkanes of at least 4 members (excludes halogenated alkanes) is 2. The Balaban J connectivity index is 5.10. The summed E-state index contributed by atoms with van der Waals surface area (Å²) in [7, 11) is -7.42. The summed E-state index contributed by atoms with van der Waals surface area (Å²) in [6.45, 7) is 7.20. The maximum Gasteiger partial charge on any atom is 0.264 e. The van der Waals surface area contributed by atoms with Crippen molar-refractivity contribution in [3.8, 4) is 0 Å². The fraction of sp³-hybridized carbons (Fsp3) is 0.714. The van der Waals surface area contributed by atoms with Crippen molar-refractivity contribution in [1.29, 1.82) is 0 Å². The van der Waals surface area contributed by atoms with Crippen molar-refractivity contribution in [2.75, 3.05) is 12.5 Å². The Kier molecular flexibility index (Phi) is 9.82. The second kappa shape index (κ2) is 10.1. The molecule has 0 aromatic carbocycles. The first-order valence-corrected chi connectivity index (χ1v) is 10.7. The van der Waals surface area contributed by atoms with E-state index < -0.39 is 32.4 Å². The van der Waals surface area contributed by atoms with E-state index in [1.165, 1.54) is 0 Å². The summed E-state index contributed by atoms with van der Waals surface area (Å²) in [6.07, 6.45) is 6.99. The van der Waals surface area contributed by atoms with Crippen LogP contribution in [0, 0.1) is 0 Å². The highest BCUT2D eigenvalue weighted by atomic mass is 32.2. The van der Waals surface area contributed by atoms with Crippen molar-refractivity contribution < 1.29 is 25.2 Å². The van der Waals surface area contributed by atoms with E-state index in [2.05, 4.69) is 13.2 Å². The second-order valence-electron chi connectivity index (χ2n) is 5.12. The molecular formula is C14H26O6S2. The summed E-state index contributed by atoms with van der Waals surface area (Å²) in [5.74, 6) is 0. The molecule has 0 aromatic rings. The third-order valence-electron chi connectivity index (χ3n) is 2.81. The van der Waals surface area contributed by atoms with E-state index in [1.807, 2.05) is 0 Å². The Bertz CT molecular complexity index is 486. The number of hydrogen-bond donors (Lipinski definition) is 0. The maximum absolute atomic E-state index is 11.4. The van der Waals surface area contributed by atoms with E-state index in [0.29, 0.717) is 38.5 Å². The van der Waals surface area contributed by atoms with Gasteiger partial charge in [-0.15, -0.1) is 13.2 Å². The molecule has 0 spiro atoms. The smallest absolute Gasteiger partial charge is 0.264 e. The van der Waals surface area contributed by atoms with Gasteiger partial charge in [0.25, 0.3) is 20.2 Å². The average Bonchev–Trinajstić information content (AvgIpc) is 2.34. The van der Waals surface area contributed by atoms with E-state index in [0.717, 1.165) is 12.5 Å². The minimum Gasteiger partial charge on any atom is -0.264 e. The zero-order chi connectivity index (χ0) is 17.2. The lowest BCUT2D eigenvalue weighted by Crippen LogP contribution is -2.35. The highest BCUT2D eigenvalue weighted by molar-refractivity contribution is 7.86. The predicted octanol–water partition coefficient (Wildman–Crippen LogP) is 2.39. The van der Waals surface area contributed by atoms with Crippen LogP contribution in [0.2, 0.25) is 0 Å². The van der Waals surface area contributed by atoms with E-state index in [-0.39, 0.29) is 0 Å². The van der Waals surface area contributed by atoms with Gasteiger partial charge < -0.3 is 0 Å². The number of rotatable bonds is 13. The summed E-state index contributed by atoms with van der Waals surface area (Å²) >= 11 is 0. The van der Waals surface area contributed by atoms with Crippen LogP contribution in [0.1, 0.15) is 38.5 Å². The molecule has 0 radical (unpaired) electrons. The first-order valence-electron chi connectivity index (χ1n) is 7.07. The van der Waals surface area contributed by atoms with Gasteiger partial charge in [0.2, 0.25) is 0 Å². The number of hydrogen-bond acceptors (Lipinski definition) is 6. The zero-order valence-corrected chi connectivity index (χ0v) is 14.9. The molecule has 0 unspecified atom stereocenters. The highest BCUT2D eigenvalue weighted by Crippen LogP contribution is 2.21. The molecule has 0 saturated heterocycles. The van der Waals surface area contributed by atoms with Gasteiger partial charge in [-0.2, -0.15) is 16.8 Å². The molecule has 6 nitrogen and oxygen atoms in total. The quantitative estimate of drug-likeness (QED) is 0.287. The minimum absolute atomic E-state index is 0.368. The topological polar surface area (TPSA) is 86.7 Å². The minimum atomic E-state index is -3.71. The van der Waals surface area contributed by atoms with Gasteiger partial charge in [-0.05, 0) is 38.5 Å². The molecular weight excluding hydrogens is 328 g/mol. The molecule has 0 aliphatic carbocycles. The van der Waals surface area contributed by atoms with Crippen LogP contribution in [-0.4, -0.2) is 41.6 Å². The van der Waals surface area contributed by atoms with Gasteiger partial charge in [-0.3, -0.25) is 8.37 Å². The van der Waals surface area contributed by atoms with E-state index in [1.54, 1.807) is 12.2 Å². The molecule has 0 aromatic heterocycles. The monoisotopic (exact) mass is 354 g/mol. The third kappa shape index (κ3) is 11.9. The molecule has 0 rings (SSSR count). The van der Waals surface area contributed by atoms with Crippen LogP contribution < -0.4 is 0 Å². The molecule has 0 saturated carbocycles. The number of allylic oxidation sites excluding steroid dienone is 2. The summed E-state index contributed by atoms with van der Waals surface area (Å²) in [4.78, 5) is 0. The summed E-state index contributed by atoms with van der Waals surface area (Å²) in [5.41, 5.74) is 0. The predicted molar refractivity (Wildman–Crippen MR) is 87.5 cm³/mol. The molecule has 0 aliphatic rings. The third-order valence-corrected chi connectivity index (χ3v) is 4.00. The Morgan fingerprint density at radius 1 is 0.818 bits per heavy atom. The van der Waals surface area contributed by atoms with E-state index in [4.69, 9.17) is 8.37 Å². The zero-order valence-electron chi connectivity index (χ0n) is 13.2. The molecule has 0 aliphatic heterocycles. The molecule has 130 valence electrons. The normalized spacial score (nSPS) is 15.2. The molecule has 0 fully saturated rings. The van der Waals surface area contributed by atoms with Crippen LogP contribution in [0.3, 0.4) is 0 Å². The van der Waals surface area contributed by atoms with Crippen molar-refractivity contribution in [3.05, 3.63) is 25.3 Å². The van der Waals surface area contributed by atoms with Crippen molar-refractivity contribution in [2.24, 2.45) is 0 Å². The van der Waals surface area contributed by atoms with Crippen molar-refractivity contribution >= 4 is 20.2 Å². The fourth-order valence-corrected chi connectivity index (χ4v) is 3.31. The Labute approximate surface area is 134 Å². The van der Waals surface area contributed by atoms with Crippen LogP contribution >= 0.6 is 0 Å². The van der Waals surface area contributed by atoms with Gasteiger partial charge in [0.1, 0.15) is 12.2 Å². The maximum atomic E-state index is 11.4. The Morgan fingerprint density at radius 3 is 1.36 bits per heavy atom. The molecule has 0 amide bonds. The molecule has 22 heavy (non-hydrogen) atoms. The summed E-state index contributed by atoms with van der Waals surface area (Å²) in [6, 6.07) is 0. The Hall–Kier alpha value is -0.700. The van der Waals surface area contributed by atoms with Gasteiger partial charge in [0, 0.05) is 0 Å². The van der Waals surface area contributed by atoms with Crippen LogP contribution in [0.25, 0.3) is 0 Å². The summed E-state index contributed by atoms with van der Waals surface area (Å²) < 4.78 is 55.7. The van der Waals surface area contributed by atoms with Crippen LogP contribution in [-0.2, 0) is 28.6 Å². The average molecular weight is 354 g/mol. The Morgan fingerprint density at radius 2 is 1.14 bits per heavy atom. The van der Waals surface area contributed by atoms with Crippen LogP contribution in [0.5, 0.6) is 0 Å². The highest BCUT2D eigenvalue weighted by Gasteiger charge is 2.29. The van der Waals surface area contributed by atoms with E-state index >= 15 is 0 Å². The lowest BCUT2D eigenvalue weighted by molar-refractivity contribution is 0.0506. The van der Waals surface area contributed by atoms with Gasteiger partial charge in [0.15, 0.2) is 0 Å². The largest absolute Gasteiger partial charge is 0.264 e. The van der Waals surface area contributed by atoms with Crippen LogP contribution in [0.4, 0.5) is 0 Å². The summed E-state index contributed by atoms with van der Waals surface area (Å²) in [5, 5.41) is 0. The van der Waals surface area contributed by atoms with Crippen molar-refractivity contribution in [1.82, 2.24) is 0 Å². The SMILES string of the molecule is C=CCCC[C@@H](OS(C)(=O)=O)[C@@H](CCCC=C)OS(C)(=O)=O. The molecule has 0 bridgehead atoms. The molecule has 8 heteroatoms. The van der Waals surface area contributed by atoms with Crippen molar-refractivity contribution in [3.63, 3.8) is 0 Å². The van der Waals surface area contributed by atoms with Gasteiger partial charge in [0.05, 0.1) is 12.5 Å². The van der Waals surface area contributed by atoms with Gasteiger partial charge in [-0.25, -0.2) is 0 Å². The molecule has 2 atom stereocenters.